The highest BCUT2D eigenvalue weighted by atomic mass is 32.2. The fourth-order valence-corrected chi connectivity index (χ4v) is 5.89. The van der Waals surface area contributed by atoms with Crippen molar-refractivity contribution in [2.24, 2.45) is 4.99 Å². The van der Waals surface area contributed by atoms with Crippen molar-refractivity contribution in [1.29, 1.82) is 0 Å². The summed E-state index contributed by atoms with van der Waals surface area (Å²) in [4.78, 5) is 17.8. The third kappa shape index (κ3) is 5.90. The molecule has 3 aromatic rings. The summed E-state index contributed by atoms with van der Waals surface area (Å²) in [6, 6.07) is 12.5. The van der Waals surface area contributed by atoms with E-state index in [2.05, 4.69) is 24.0 Å². The van der Waals surface area contributed by atoms with Crippen LogP contribution in [-0.4, -0.2) is 37.9 Å². The maximum absolute atomic E-state index is 12.5. The van der Waals surface area contributed by atoms with Crippen molar-refractivity contribution in [2.45, 2.75) is 45.1 Å². The second-order valence-electron chi connectivity index (χ2n) is 7.40. The number of aromatic nitrogens is 1. The average Bonchev–Trinajstić information content (AvgIpc) is 3.06. The Balaban J connectivity index is 1.80. The quantitative estimate of drug-likeness (QED) is 0.452. The minimum atomic E-state index is -3.40. The van der Waals surface area contributed by atoms with Crippen molar-refractivity contribution < 1.29 is 17.9 Å². The van der Waals surface area contributed by atoms with Gasteiger partial charge in [-0.05, 0) is 56.5 Å². The van der Waals surface area contributed by atoms with E-state index in [1.165, 1.54) is 11.3 Å². The summed E-state index contributed by atoms with van der Waals surface area (Å²) in [5.74, 6) is -0.387. The molecule has 0 bridgehead atoms. The Morgan fingerprint density at radius 2 is 1.90 bits per heavy atom. The van der Waals surface area contributed by atoms with Gasteiger partial charge in [-0.15, -0.1) is 0 Å². The van der Waals surface area contributed by atoms with Gasteiger partial charge in [0.25, 0.3) is 0 Å². The maximum Gasteiger partial charge on any atom is 0.248 e. The summed E-state index contributed by atoms with van der Waals surface area (Å²) in [5.41, 5.74) is 3.34. The van der Waals surface area contributed by atoms with E-state index in [1.807, 2.05) is 18.4 Å². The molecule has 0 saturated carbocycles. The Labute approximate surface area is 187 Å². The van der Waals surface area contributed by atoms with Crippen LogP contribution in [0.25, 0.3) is 10.2 Å². The third-order valence-corrected chi connectivity index (χ3v) is 7.95. The Morgan fingerprint density at radius 3 is 2.61 bits per heavy atom. The highest BCUT2D eigenvalue weighted by Gasteiger charge is 2.15. The van der Waals surface area contributed by atoms with Crippen LogP contribution in [0.1, 0.15) is 30.9 Å². The molecule has 1 amide bonds. The van der Waals surface area contributed by atoms with Gasteiger partial charge < -0.3 is 9.30 Å². The topological polar surface area (TPSA) is 77.7 Å². The molecular formula is C23H28N2O4S2. The van der Waals surface area contributed by atoms with E-state index in [1.54, 1.807) is 30.3 Å². The van der Waals surface area contributed by atoms with E-state index in [-0.39, 0.29) is 29.4 Å². The van der Waals surface area contributed by atoms with E-state index in [9.17, 15) is 13.2 Å². The van der Waals surface area contributed by atoms with Crippen LogP contribution in [0.15, 0.2) is 52.4 Å². The summed E-state index contributed by atoms with van der Waals surface area (Å²) >= 11 is 1.48. The molecule has 0 atom stereocenters. The molecule has 0 radical (unpaired) electrons. The number of carbonyl (C=O) groups is 1. The van der Waals surface area contributed by atoms with Crippen molar-refractivity contribution >= 4 is 37.3 Å². The standard InChI is InChI=1S/C23H28N2O4S2/c1-4-29-13-12-25-20-16-17(2)15-18(3)22(20)30-23(25)24-21(26)11-8-14-31(27,28)19-9-6-5-7-10-19/h5-7,9-10,15-16H,4,8,11-14H2,1-3H3. The monoisotopic (exact) mass is 460 g/mol. The van der Waals surface area contributed by atoms with Crippen molar-refractivity contribution in [3.63, 3.8) is 0 Å². The number of thiazole rings is 1. The van der Waals surface area contributed by atoms with Crippen LogP contribution in [0.2, 0.25) is 0 Å². The predicted molar refractivity (Wildman–Crippen MR) is 124 cm³/mol. The van der Waals surface area contributed by atoms with Crippen molar-refractivity contribution in [1.82, 2.24) is 4.57 Å². The zero-order valence-corrected chi connectivity index (χ0v) is 19.8. The first-order valence-electron chi connectivity index (χ1n) is 10.4. The average molecular weight is 461 g/mol. The highest BCUT2D eigenvalue weighted by Crippen LogP contribution is 2.23. The zero-order valence-electron chi connectivity index (χ0n) is 18.1. The molecular weight excluding hydrogens is 432 g/mol. The van der Waals surface area contributed by atoms with Gasteiger partial charge in [-0.3, -0.25) is 4.79 Å². The van der Waals surface area contributed by atoms with Crippen molar-refractivity contribution in [3.05, 3.63) is 58.4 Å². The van der Waals surface area contributed by atoms with Crippen LogP contribution in [-0.2, 0) is 25.9 Å². The Kier molecular flexibility index (Phi) is 7.80. The van der Waals surface area contributed by atoms with Crippen LogP contribution in [0.3, 0.4) is 0 Å². The molecule has 166 valence electrons. The SMILES string of the molecule is CCOCCn1c(=NC(=O)CCCS(=O)(=O)c2ccccc2)sc2c(C)cc(C)cc21. The summed E-state index contributed by atoms with van der Waals surface area (Å²) in [6.45, 7) is 7.81. The van der Waals surface area contributed by atoms with Gasteiger partial charge in [0, 0.05) is 19.6 Å². The lowest BCUT2D eigenvalue weighted by Crippen LogP contribution is -2.20. The lowest BCUT2D eigenvalue weighted by Gasteiger charge is -2.07. The number of aryl methyl sites for hydroxylation is 2. The van der Waals surface area contributed by atoms with Crippen molar-refractivity contribution in [2.75, 3.05) is 19.0 Å². The first-order chi connectivity index (χ1) is 14.8. The molecule has 8 heteroatoms. The third-order valence-electron chi connectivity index (χ3n) is 4.90. The normalized spacial score (nSPS) is 12.5. The minimum absolute atomic E-state index is 0.0761. The molecule has 0 spiro atoms. The highest BCUT2D eigenvalue weighted by molar-refractivity contribution is 7.91. The molecule has 2 aromatic carbocycles. The zero-order chi connectivity index (χ0) is 22.4. The first kappa shape index (κ1) is 23.4. The van der Waals surface area contributed by atoms with Gasteiger partial charge in [0.05, 0.1) is 27.5 Å². The number of amides is 1. The number of hydrogen-bond acceptors (Lipinski definition) is 5. The summed E-state index contributed by atoms with van der Waals surface area (Å²) in [6.07, 6.45) is 0.325. The Bertz CT molecular complexity index is 1230. The molecule has 1 aromatic heterocycles. The Hall–Kier alpha value is -2.29. The summed E-state index contributed by atoms with van der Waals surface area (Å²) < 4.78 is 33.4. The van der Waals surface area contributed by atoms with E-state index >= 15 is 0 Å². The van der Waals surface area contributed by atoms with Gasteiger partial charge in [0.2, 0.25) is 5.91 Å². The van der Waals surface area contributed by atoms with Gasteiger partial charge >= 0.3 is 0 Å². The lowest BCUT2D eigenvalue weighted by molar-refractivity contribution is -0.118. The molecule has 0 aliphatic carbocycles. The van der Waals surface area contributed by atoms with Gasteiger partial charge in [0.15, 0.2) is 14.6 Å². The van der Waals surface area contributed by atoms with E-state index < -0.39 is 9.84 Å². The summed E-state index contributed by atoms with van der Waals surface area (Å²) in [5, 5.41) is 0. The van der Waals surface area contributed by atoms with Crippen LogP contribution < -0.4 is 4.80 Å². The number of sulfone groups is 1. The van der Waals surface area contributed by atoms with Crippen LogP contribution in [0.5, 0.6) is 0 Å². The second kappa shape index (κ2) is 10.3. The fraction of sp³-hybridized carbons (Fsp3) is 0.391. The molecule has 0 saturated heterocycles. The first-order valence-corrected chi connectivity index (χ1v) is 12.8. The van der Waals surface area contributed by atoms with Gasteiger partial charge in [-0.1, -0.05) is 35.6 Å². The smallest absolute Gasteiger partial charge is 0.248 e. The van der Waals surface area contributed by atoms with Crippen molar-refractivity contribution in [3.8, 4) is 0 Å². The number of nitrogens with zero attached hydrogens (tertiary/aromatic N) is 2. The molecule has 0 N–H and O–H groups in total. The van der Waals surface area contributed by atoms with Gasteiger partial charge in [-0.25, -0.2) is 8.42 Å². The predicted octanol–water partition coefficient (Wildman–Crippen LogP) is 4.04. The summed E-state index contributed by atoms with van der Waals surface area (Å²) in [7, 11) is -3.40. The molecule has 3 rings (SSSR count). The second-order valence-corrected chi connectivity index (χ2v) is 10.5. The maximum atomic E-state index is 12.5. The molecule has 0 unspecified atom stereocenters. The number of ether oxygens (including phenoxy) is 1. The van der Waals surface area contributed by atoms with Gasteiger partial charge in [-0.2, -0.15) is 4.99 Å². The van der Waals surface area contributed by atoms with Gasteiger partial charge in [0.1, 0.15) is 0 Å². The van der Waals surface area contributed by atoms with E-state index in [0.29, 0.717) is 24.6 Å². The van der Waals surface area contributed by atoms with E-state index in [0.717, 1.165) is 21.3 Å². The number of hydrogen-bond donors (Lipinski definition) is 0. The molecule has 1 heterocycles. The largest absolute Gasteiger partial charge is 0.380 e. The lowest BCUT2D eigenvalue weighted by atomic mass is 10.1. The van der Waals surface area contributed by atoms with Crippen LogP contribution in [0.4, 0.5) is 0 Å². The molecule has 6 nitrogen and oxygen atoms in total. The molecule has 0 fully saturated rings. The number of fused-ring (bicyclic) bond motifs is 1. The Morgan fingerprint density at radius 1 is 1.16 bits per heavy atom. The van der Waals surface area contributed by atoms with Crippen LogP contribution in [0, 0.1) is 13.8 Å². The number of carbonyl (C=O) groups excluding carboxylic acids is 1. The molecule has 0 aliphatic heterocycles. The molecule has 31 heavy (non-hydrogen) atoms. The fourth-order valence-electron chi connectivity index (χ4n) is 3.44. The number of benzene rings is 2. The van der Waals surface area contributed by atoms with E-state index in [4.69, 9.17) is 4.74 Å². The van der Waals surface area contributed by atoms with Crippen LogP contribution >= 0.6 is 11.3 Å². The minimum Gasteiger partial charge on any atom is -0.380 e. The molecule has 0 aliphatic rings. The number of rotatable bonds is 9.